The molecule has 0 saturated heterocycles. The van der Waals surface area contributed by atoms with E-state index < -0.39 is 5.60 Å². The molecule has 1 aromatic heterocycles. The van der Waals surface area contributed by atoms with Gasteiger partial charge in [-0.2, -0.15) is 15.0 Å². The lowest BCUT2D eigenvalue weighted by Crippen LogP contribution is -2.50. The molecule has 0 spiro atoms. The molecule has 0 radical (unpaired) electrons. The number of aromatic nitrogens is 3. The monoisotopic (exact) mass is 433 g/mol. The maximum absolute atomic E-state index is 11.2. The highest BCUT2D eigenvalue weighted by molar-refractivity contribution is 5.21. The minimum Gasteiger partial charge on any atom is -0.378 e. The van der Waals surface area contributed by atoms with Crippen molar-refractivity contribution in [3.05, 3.63) is 24.5 Å². The first-order valence-corrected chi connectivity index (χ1v) is 13.2. The summed E-state index contributed by atoms with van der Waals surface area (Å²) < 4.78 is 0. The van der Waals surface area contributed by atoms with Crippen LogP contribution in [0.2, 0.25) is 0 Å². The summed E-state index contributed by atoms with van der Waals surface area (Å²) in [5.74, 6) is 12.0. The van der Waals surface area contributed by atoms with E-state index in [1.54, 1.807) is 17.2 Å². The van der Waals surface area contributed by atoms with Crippen LogP contribution in [-0.4, -0.2) is 25.7 Å². The van der Waals surface area contributed by atoms with E-state index in [1.165, 1.54) is 63.4 Å². The lowest BCUT2D eigenvalue weighted by atomic mass is 9.48. The SMILES string of the molecule is C=C(Cn1nccn1)[C@H]1CC[C@H]2[C@@H]3CC[C@@H]4C[C@@](O)(C#CC5CC5)CC[C@@H]4[C@H]3CC[C@]12C. The van der Waals surface area contributed by atoms with E-state index in [0.717, 1.165) is 43.1 Å². The van der Waals surface area contributed by atoms with E-state index in [2.05, 4.69) is 35.5 Å². The third-order valence-electron chi connectivity index (χ3n) is 10.4. The van der Waals surface area contributed by atoms with E-state index in [4.69, 9.17) is 0 Å². The minimum atomic E-state index is -0.698. The Labute approximate surface area is 193 Å². The second-order valence-electron chi connectivity index (χ2n) is 12.1. The third kappa shape index (κ3) is 3.56. The Morgan fingerprint density at radius 3 is 2.56 bits per heavy atom. The molecule has 4 nitrogen and oxygen atoms in total. The molecule has 5 saturated carbocycles. The van der Waals surface area contributed by atoms with Gasteiger partial charge in [-0.25, -0.2) is 0 Å². The number of rotatable bonds is 3. The zero-order chi connectivity index (χ0) is 21.9. The van der Waals surface area contributed by atoms with Gasteiger partial charge in [0.05, 0.1) is 18.9 Å². The van der Waals surface area contributed by atoms with Crippen molar-refractivity contribution in [1.82, 2.24) is 15.0 Å². The van der Waals surface area contributed by atoms with Gasteiger partial charge < -0.3 is 5.11 Å². The highest BCUT2D eigenvalue weighted by Crippen LogP contribution is 2.65. The van der Waals surface area contributed by atoms with Crippen molar-refractivity contribution in [2.75, 3.05) is 0 Å². The molecule has 0 amide bonds. The van der Waals surface area contributed by atoms with Gasteiger partial charge in [0.25, 0.3) is 0 Å². The molecule has 0 aliphatic heterocycles. The molecule has 0 aromatic carbocycles. The highest BCUT2D eigenvalue weighted by atomic mass is 16.3. The molecule has 32 heavy (non-hydrogen) atoms. The van der Waals surface area contributed by atoms with Gasteiger partial charge in [0.15, 0.2) is 0 Å². The number of aliphatic hydroxyl groups is 1. The lowest BCUT2D eigenvalue weighted by molar-refractivity contribution is -0.0875. The van der Waals surface area contributed by atoms with Crippen molar-refractivity contribution < 1.29 is 5.11 Å². The number of hydrogen-bond acceptors (Lipinski definition) is 3. The Bertz CT molecular complexity index is 924. The number of fused-ring (bicyclic) bond motifs is 5. The van der Waals surface area contributed by atoms with Crippen molar-refractivity contribution in [3.63, 3.8) is 0 Å². The first kappa shape index (κ1) is 21.0. The summed E-state index contributed by atoms with van der Waals surface area (Å²) in [5.41, 5.74) is 1.02. The van der Waals surface area contributed by atoms with Crippen LogP contribution in [0.3, 0.4) is 0 Å². The summed E-state index contributed by atoms with van der Waals surface area (Å²) in [6.07, 6.45) is 17.0. The van der Waals surface area contributed by atoms with Gasteiger partial charge in [0, 0.05) is 5.92 Å². The van der Waals surface area contributed by atoms with Crippen molar-refractivity contribution >= 4 is 0 Å². The van der Waals surface area contributed by atoms with Crippen molar-refractivity contribution in [2.45, 2.75) is 89.7 Å². The largest absolute Gasteiger partial charge is 0.378 e. The molecular formula is C28H39N3O. The van der Waals surface area contributed by atoms with Gasteiger partial charge in [0.2, 0.25) is 0 Å². The molecule has 5 aliphatic rings. The average Bonchev–Trinajstić information content (AvgIpc) is 3.34. The van der Waals surface area contributed by atoms with Gasteiger partial charge in [-0.05, 0) is 112 Å². The Morgan fingerprint density at radius 1 is 1.00 bits per heavy atom. The van der Waals surface area contributed by atoms with E-state index in [9.17, 15) is 5.11 Å². The van der Waals surface area contributed by atoms with Gasteiger partial charge >= 0.3 is 0 Å². The summed E-state index contributed by atoms with van der Waals surface area (Å²) in [6, 6.07) is 0. The van der Waals surface area contributed by atoms with Crippen molar-refractivity contribution in [3.8, 4) is 11.8 Å². The molecule has 0 unspecified atom stereocenters. The molecular weight excluding hydrogens is 394 g/mol. The summed E-state index contributed by atoms with van der Waals surface area (Å²) in [6.45, 7) is 7.87. The van der Waals surface area contributed by atoms with Crippen LogP contribution in [0.25, 0.3) is 0 Å². The lowest BCUT2D eigenvalue weighted by Gasteiger charge is -2.57. The predicted octanol–water partition coefficient (Wildman–Crippen LogP) is 5.25. The van der Waals surface area contributed by atoms with Crippen LogP contribution >= 0.6 is 0 Å². The first-order valence-electron chi connectivity index (χ1n) is 13.2. The summed E-state index contributed by atoms with van der Waals surface area (Å²) in [4.78, 5) is 1.80. The molecule has 5 fully saturated rings. The van der Waals surface area contributed by atoms with Crippen LogP contribution in [0.15, 0.2) is 24.5 Å². The van der Waals surface area contributed by atoms with E-state index in [0.29, 0.717) is 23.2 Å². The van der Waals surface area contributed by atoms with Crippen molar-refractivity contribution in [2.24, 2.45) is 46.8 Å². The topological polar surface area (TPSA) is 50.9 Å². The second-order valence-corrected chi connectivity index (χ2v) is 12.1. The Kier molecular flexibility index (Phi) is 5.06. The maximum atomic E-state index is 11.2. The summed E-state index contributed by atoms with van der Waals surface area (Å²) in [5, 5.41) is 19.8. The summed E-state index contributed by atoms with van der Waals surface area (Å²) >= 11 is 0. The average molecular weight is 434 g/mol. The van der Waals surface area contributed by atoms with Gasteiger partial charge in [-0.3, -0.25) is 0 Å². The zero-order valence-electron chi connectivity index (χ0n) is 19.7. The second kappa shape index (κ2) is 7.73. The van der Waals surface area contributed by atoms with Gasteiger partial charge in [0.1, 0.15) is 5.60 Å². The van der Waals surface area contributed by atoms with Crippen molar-refractivity contribution in [1.29, 1.82) is 0 Å². The van der Waals surface area contributed by atoms with Gasteiger partial charge in [-0.1, -0.05) is 30.9 Å². The number of nitrogens with zero attached hydrogens (tertiary/aromatic N) is 3. The highest BCUT2D eigenvalue weighted by Gasteiger charge is 2.58. The Hall–Kier alpha value is -1.60. The van der Waals surface area contributed by atoms with E-state index >= 15 is 0 Å². The molecule has 172 valence electrons. The smallest absolute Gasteiger partial charge is 0.125 e. The molecule has 1 N–H and O–H groups in total. The quantitative estimate of drug-likeness (QED) is 0.523. The van der Waals surface area contributed by atoms with Crippen LogP contribution in [0.5, 0.6) is 0 Å². The Balaban J connectivity index is 1.15. The van der Waals surface area contributed by atoms with Crippen LogP contribution in [0, 0.1) is 58.7 Å². The third-order valence-corrected chi connectivity index (χ3v) is 10.4. The van der Waals surface area contributed by atoms with Crippen LogP contribution < -0.4 is 0 Å². The normalized spacial score (nSPS) is 45.2. The van der Waals surface area contributed by atoms with Crippen LogP contribution in [0.1, 0.15) is 77.6 Å². The van der Waals surface area contributed by atoms with Crippen LogP contribution in [-0.2, 0) is 6.54 Å². The molecule has 5 aliphatic carbocycles. The fourth-order valence-electron chi connectivity index (χ4n) is 8.74. The van der Waals surface area contributed by atoms with E-state index in [-0.39, 0.29) is 0 Å². The first-order chi connectivity index (χ1) is 15.5. The fourth-order valence-corrected chi connectivity index (χ4v) is 8.74. The molecule has 1 heterocycles. The Morgan fingerprint density at radius 2 is 1.78 bits per heavy atom. The molecule has 1 aromatic rings. The summed E-state index contributed by atoms with van der Waals surface area (Å²) in [7, 11) is 0. The molecule has 4 heteroatoms. The maximum Gasteiger partial charge on any atom is 0.125 e. The number of allylic oxidation sites excluding steroid dienone is 1. The molecule has 6 rings (SSSR count). The van der Waals surface area contributed by atoms with Gasteiger partial charge in [-0.15, -0.1) is 0 Å². The predicted molar refractivity (Wildman–Crippen MR) is 125 cm³/mol. The van der Waals surface area contributed by atoms with E-state index in [1.807, 2.05) is 0 Å². The van der Waals surface area contributed by atoms with Crippen LogP contribution in [0.4, 0.5) is 0 Å². The molecule has 0 bridgehead atoms. The minimum absolute atomic E-state index is 0.392. The fraction of sp³-hybridized carbons (Fsp3) is 0.786. The molecule has 8 atom stereocenters. The number of hydrogen-bond donors (Lipinski definition) is 1. The zero-order valence-corrected chi connectivity index (χ0v) is 19.7. The standard InChI is InChI=1S/C28H39N3O/c1-19(18-31-29-15-16-30-31)25-7-8-26-24-6-5-21-17-28(32,13-9-20-3-4-20)14-11-22(21)23(24)10-12-27(25,26)2/h15-16,20-26,32H,1,3-8,10-12,14,17-18H2,2H3/t21-,22+,23-,24-,25-,26+,27-,28-/m1/s1.